The van der Waals surface area contributed by atoms with E-state index in [1.165, 1.54) is 4.88 Å². The predicted octanol–water partition coefficient (Wildman–Crippen LogP) is 3.66. The number of benzene rings is 1. The third-order valence-electron chi connectivity index (χ3n) is 4.73. The van der Waals surface area contributed by atoms with Crippen molar-refractivity contribution in [3.8, 4) is 0 Å². The summed E-state index contributed by atoms with van der Waals surface area (Å²) < 4.78 is 0. The van der Waals surface area contributed by atoms with Crippen LogP contribution in [0.15, 0.2) is 36.5 Å². The van der Waals surface area contributed by atoms with Gasteiger partial charge >= 0.3 is 0 Å². The largest absolute Gasteiger partial charge is 0.375 e. The molecule has 2 N–H and O–H groups in total. The Labute approximate surface area is 165 Å². The summed E-state index contributed by atoms with van der Waals surface area (Å²) in [7, 11) is 0. The lowest BCUT2D eigenvalue weighted by atomic mass is 10.0. The molecule has 5 nitrogen and oxygen atoms in total. The molecular formula is C19H27ClN4OS. The van der Waals surface area contributed by atoms with Crippen molar-refractivity contribution < 1.29 is 4.79 Å². The van der Waals surface area contributed by atoms with Gasteiger partial charge in [-0.05, 0) is 37.9 Å². The highest BCUT2D eigenvalue weighted by molar-refractivity contribution is 7.15. The zero-order valence-electron chi connectivity index (χ0n) is 15.1. The number of piperidine rings is 1. The van der Waals surface area contributed by atoms with Crippen LogP contribution in [0.5, 0.6) is 0 Å². The molecule has 1 aromatic carbocycles. The molecule has 1 aliphatic heterocycles. The smallest absolute Gasteiger partial charge is 0.253 e. The standard InChI is InChI=1S/C19H26N4OS.ClH/c1-2-10-23(14-17-13-21-19(20)25-17)16-8-11-22(12-9-16)18(24)15-6-4-3-5-7-15;/h3-7,13,16H,2,8-12,14H2,1H3,(H2,20,21);1H. The van der Waals surface area contributed by atoms with Gasteiger partial charge in [0.25, 0.3) is 5.91 Å². The molecule has 2 aromatic rings. The van der Waals surface area contributed by atoms with Crippen LogP contribution in [0, 0.1) is 0 Å². The zero-order chi connectivity index (χ0) is 17.6. The molecule has 0 saturated carbocycles. The maximum atomic E-state index is 12.6. The zero-order valence-corrected chi connectivity index (χ0v) is 16.8. The van der Waals surface area contributed by atoms with E-state index in [1.807, 2.05) is 41.4 Å². The first kappa shape index (κ1) is 20.7. The van der Waals surface area contributed by atoms with Crippen molar-refractivity contribution in [2.24, 2.45) is 0 Å². The van der Waals surface area contributed by atoms with Crippen LogP contribution < -0.4 is 5.73 Å². The monoisotopic (exact) mass is 394 g/mol. The fourth-order valence-corrected chi connectivity index (χ4v) is 4.18. The molecule has 0 unspecified atom stereocenters. The fraction of sp³-hybridized carbons (Fsp3) is 0.474. The number of hydrogen-bond donors (Lipinski definition) is 1. The second kappa shape index (κ2) is 9.90. The highest BCUT2D eigenvalue weighted by Crippen LogP contribution is 2.23. The number of likely N-dealkylation sites (tertiary alicyclic amines) is 1. The van der Waals surface area contributed by atoms with Gasteiger partial charge in [-0.25, -0.2) is 4.98 Å². The summed E-state index contributed by atoms with van der Waals surface area (Å²) in [5.41, 5.74) is 6.54. The van der Waals surface area contributed by atoms with E-state index < -0.39 is 0 Å². The molecule has 1 aliphatic rings. The first-order valence-electron chi connectivity index (χ1n) is 8.96. The molecule has 0 aliphatic carbocycles. The molecule has 1 amide bonds. The number of aromatic nitrogens is 1. The molecule has 26 heavy (non-hydrogen) atoms. The molecule has 3 rings (SSSR count). The fourth-order valence-electron chi connectivity index (χ4n) is 3.47. The van der Waals surface area contributed by atoms with Crippen molar-refractivity contribution in [3.63, 3.8) is 0 Å². The summed E-state index contributed by atoms with van der Waals surface area (Å²) in [4.78, 5) is 22.5. The Morgan fingerprint density at radius 2 is 2.00 bits per heavy atom. The molecular weight excluding hydrogens is 368 g/mol. The van der Waals surface area contributed by atoms with Crippen molar-refractivity contribution >= 4 is 34.8 Å². The second-order valence-electron chi connectivity index (χ2n) is 6.52. The maximum Gasteiger partial charge on any atom is 0.253 e. The van der Waals surface area contributed by atoms with Gasteiger partial charge in [0.15, 0.2) is 5.13 Å². The minimum atomic E-state index is 0. The van der Waals surface area contributed by atoms with E-state index in [0.717, 1.165) is 51.0 Å². The first-order valence-corrected chi connectivity index (χ1v) is 9.77. The van der Waals surface area contributed by atoms with Crippen molar-refractivity contribution in [1.29, 1.82) is 0 Å². The van der Waals surface area contributed by atoms with E-state index in [1.54, 1.807) is 11.3 Å². The van der Waals surface area contributed by atoms with E-state index >= 15 is 0 Å². The highest BCUT2D eigenvalue weighted by atomic mass is 35.5. The van der Waals surface area contributed by atoms with Crippen LogP contribution >= 0.6 is 23.7 Å². The Kier molecular flexibility index (Phi) is 7.87. The maximum absolute atomic E-state index is 12.6. The number of thiazole rings is 1. The number of carbonyl (C=O) groups is 1. The Morgan fingerprint density at radius 3 is 2.58 bits per heavy atom. The van der Waals surface area contributed by atoms with Gasteiger partial charge in [0.2, 0.25) is 0 Å². The number of rotatable bonds is 6. The van der Waals surface area contributed by atoms with Crippen LogP contribution in [-0.4, -0.2) is 46.4 Å². The molecule has 142 valence electrons. The van der Waals surface area contributed by atoms with Crippen molar-refractivity contribution in [2.45, 2.75) is 38.8 Å². The van der Waals surface area contributed by atoms with Crippen LogP contribution in [0.3, 0.4) is 0 Å². The van der Waals surface area contributed by atoms with Crippen LogP contribution in [0.2, 0.25) is 0 Å². The Hall–Kier alpha value is -1.63. The van der Waals surface area contributed by atoms with Crippen molar-refractivity contribution in [3.05, 3.63) is 47.0 Å². The number of carbonyl (C=O) groups excluding carboxylic acids is 1. The van der Waals surface area contributed by atoms with Gasteiger partial charge < -0.3 is 10.6 Å². The summed E-state index contributed by atoms with van der Waals surface area (Å²) >= 11 is 1.57. The lowest BCUT2D eigenvalue weighted by Crippen LogP contribution is -2.46. The quantitative estimate of drug-likeness (QED) is 0.812. The Balaban J connectivity index is 0.00000243. The molecule has 0 radical (unpaired) electrons. The number of nitrogens with zero attached hydrogens (tertiary/aromatic N) is 3. The number of amides is 1. The minimum Gasteiger partial charge on any atom is -0.375 e. The van der Waals surface area contributed by atoms with Crippen LogP contribution in [0.1, 0.15) is 41.4 Å². The van der Waals surface area contributed by atoms with Crippen LogP contribution in [-0.2, 0) is 6.54 Å². The molecule has 1 saturated heterocycles. The van der Waals surface area contributed by atoms with Gasteiger partial charge in [0, 0.05) is 42.3 Å². The van der Waals surface area contributed by atoms with E-state index in [0.29, 0.717) is 11.2 Å². The lowest BCUT2D eigenvalue weighted by Gasteiger charge is -2.38. The molecule has 7 heteroatoms. The second-order valence-corrected chi connectivity index (χ2v) is 7.67. The third-order valence-corrected chi connectivity index (χ3v) is 5.54. The SMILES string of the molecule is CCCN(Cc1cnc(N)s1)C1CCN(C(=O)c2ccccc2)CC1.Cl. The van der Waals surface area contributed by atoms with Crippen molar-refractivity contribution in [1.82, 2.24) is 14.8 Å². The molecule has 2 heterocycles. The van der Waals surface area contributed by atoms with Gasteiger partial charge in [-0.3, -0.25) is 9.69 Å². The molecule has 0 spiro atoms. The summed E-state index contributed by atoms with van der Waals surface area (Å²) in [6.45, 7) is 5.82. The summed E-state index contributed by atoms with van der Waals surface area (Å²) in [5.74, 6) is 0.149. The summed E-state index contributed by atoms with van der Waals surface area (Å²) in [6, 6.07) is 10.1. The van der Waals surface area contributed by atoms with Gasteiger partial charge in [-0.15, -0.1) is 23.7 Å². The Morgan fingerprint density at radius 1 is 1.31 bits per heavy atom. The summed E-state index contributed by atoms with van der Waals surface area (Å²) in [6.07, 6.45) is 5.05. The number of anilines is 1. The minimum absolute atomic E-state index is 0. The normalized spacial score (nSPS) is 15.1. The average molecular weight is 395 g/mol. The third kappa shape index (κ3) is 5.19. The van der Waals surface area contributed by atoms with Crippen molar-refractivity contribution in [2.75, 3.05) is 25.4 Å². The molecule has 1 aromatic heterocycles. The number of halogens is 1. The highest BCUT2D eigenvalue weighted by Gasteiger charge is 2.27. The van der Waals surface area contributed by atoms with E-state index in [4.69, 9.17) is 5.73 Å². The van der Waals surface area contributed by atoms with E-state index in [-0.39, 0.29) is 18.3 Å². The van der Waals surface area contributed by atoms with Gasteiger partial charge in [-0.1, -0.05) is 25.1 Å². The van der Waals surface area contributed by atoms with E-state index in [9.17, 15) is 4.79 Å². The summed E-state index contributed by atoms with van der Waals surface area (Å²) in [5, 5.41) is 0.634. The van der Waals surface area contributed by atoms with Gasteiger partial charge in [-0.2, -0.15) is 0 Å². The van der Waals surface area contributed by atoms with Crippen LogP contribution in [0.25, 0.3) is 0 Å². The van der Waals surface area contributed by atoms with Gasteiger partial charge in [0.1, 0.15) is 0 Å². The number of nitrogen functional groups attached to an aromatic ring is 1. The average Bonchev–Trinajstić information content (AvgIpc) is 3.06. The number of nitrogens with two attached hydrogens (primary N) is 1. The van der Waals surface area contributed by atoms with E-state index in [2.05, 4.69) is 16.8 Å². The predicted molar refractivity (Wildman–Crippen MR) is 110 cm³/mol. The molecule has 1 fully saturated rings. The first-order chi connectivity index (χ1) is 12.2. The topological polar surface area (TPSA) is 62.5 Å². The van der Waals surface area contributed by atoms with Gasteiger partial charge in [0.05, 0.1) is 0 Å². The lowest BCUT2D eigenvalue weighted by molar-refractivity contribution is 0.0608. The molecule has 0 bridgehead atoms. The van der Waals surface area contributed by atoms with Crippen LogP contribution in [0.4, 0.5) is 5.13 Å². The molecule has 0 atom stereocenters. The Bertz CT molecular complexity index is 686. The number of hydrogen-bond acceptors (Lipinski definition) is 5.